The molecular formula is C15H14N6O3. The number of nitrogens with one attached hydrogen (secondary N) is 1. The minimum atomic E-state index is -0.363. The number of amides is 1. The Morgan fingerprint density at radius 3 is 2.71 bits per heavy atom. The fraction of sp³-hybridized carbons (Fsp3) is 0.133. The van der Waals surface area contributed by atoms with E-state index >= 15 is 0 Å². The first-order valence-corrected chi connectivity index (χ1v) is 6.91. The molecule has 0 radical (unpaired) electrons. The van der Waals surface area contributed by atoms with E-state index in [1.165, 1.54) is 30.8 Å². The number of aromatic nitrogens is 5. The van der Waals surface area contributed by atoms with Gasteiger partial charge in [0.05, 0.1) is 19.8 Å². The Morgan fingerprint density at radius 1 is 1.12 bits per heavy atom. The molecule has 24 heavy (non-hydrogen) atoms. The smallest absolute Gasteiger partial charge is 0.260 e. The number of rotatable bonds is 5. The van der Waals surface area contributed by atoms with Gasteiger partial charge in [0.15, 0.2) is 5.82 Å². The molecule has 0 bridgehead atoms. The topological polar surface area (TPSA) is 104 Å². The van der Waals surface area contributed by atoms with Crippen LogP contribution in [0.1, 0.15) is 10.4 Å². The molecule has 2 heterocycles. The number of nitrogens with zero attached hydrogens (tertiary/aromatic N) is 5. The molecule has 3 rings (SSSR count). The van der Waals surface area contributed by atoms with Crippen LogP contribution >= 0.6 is 0 Å². The number of carbonyl (C=O) groups excluding carboxylic acids is 1. The van der Waals surface area contributed by atoms with Crippen LogP contribution < -0.4 is 14.8 Å². The van der Waals surface area contributed by atoms with E-state index in [1.807, 2.05) is 0 Å². The molecular weight excluding hydrogens is 312 g/mol. The van der Waals surface area contributed by atoms with Gasteiger partial charge in [-0.25, -0.2) is 19.6 Å². The van der Waals surface area contributed by atoms with Crippen molar-refractivity contribution in [2.75, 3.05) is 19.5 Å². The number of hydrogen-bond acceptors (Lipinski definition) is 7. The predicted molar refractivity (Wildman–Crippen MR) is 84.4 cm³/mol. The zero-order chi connectivity index (χ0) is 16.9. The summed E-state index contributed by atoms with van der Waals surface area (Å²) in [6.45, 7) is 0. The normalized spacial score (nSPS) is 10.2. The fourth-order valence-corrected chi connectivity index (χ4v) is 2.04. The third-order valence-corrected chi connectivity index (χ3v) is 3.20. The molecule has 0 unspecified atom stereocenters. The number of carbonyl (C=O) groups is 1. The molecule has 3 aromatic rings. The van der Waals surface area contributed by atoms with Gasteiger partial charge in [-0.1, -0.05) is 0 Å². The summed E-state index contributed by atoms with van der Waals surface area (Å²) in [5, 5.41) is 6.68. The molecule has 9 heteroatoms. The lowest BCUT2D eigenvalue weighted by molar-refractivity contribution is 0.102. The maximum absolute atomic E-state index is 12.5. The molecule has 0 saturated heterocycles. The molecule has 1 amide bonds. The summed E-state index contributed by atoms with van der Waals surface area (Å²) in [5.74, 6) is 1.45. The van der Waals surface area contributed by atoms with Gasteiger partial charge >= 0.3 is 0 Å². The van der Waals surface area contributed by atoms with E-state index in [1.54, 1.807) is 31.4 Å². The molecule has 0 aliphatic heterocycles. The summed E-state index contributed by atoms with van der Waals surface area (Å²) in [5.41, 5.74) is 0.360. The highest BCUT2D eigenvalue weighted by molar-refractivity contribution is 6.05. The number of anilines is 1. The van der Waals surface area contributed by atoms with Gasteiger partial charge in [-0.05, 0) is 12.1 Å². The van der Waals surface area contributed by atoms with Crippen molar-refractivity contribution in [3.8, 4) is 17.3 Å². The second-order valence-corrected chi connectivity index (χ2v) is 4.62. The number of benzene rings is 1. The van der Waals surface area contributed by atoms with Crippen LogP contribution in [-0.2, 0) is 0 Å². The Labute approximate surface area is 137 Å². The summed E-state index contributed by atoms with van der Waals surface area (Å²) < 4.78 is 11.8. The molecule has 2 aromatic heterocycles. The van der Waals surface area contributed by atoms with Crippen molar-refractivity contribution in [2.45, 2.75) is 0 Å². The van der Waals surface area contributed by atoms with Crippen LogP contribution in [-0.4, -0.2) is 44.9 Å². The second-order valence-electron chi connectivity index (χ2n) is 4.62. The van der Waals surface area contributed by atoms with Gasteiger partial charge in [-0.15, -0.1) is 0 Å². The van der Waals surface area contributed by atoms with E-state index in [9.17, 15) is 4.79 Å². The van der Waals surface area contributed by atoms with Crippen molar-refractivity contribution in [3.05, 3.63) is 48.8 Å². The van der Waals surface area contributed by atoms with E-state index < -0.39 is 0 Å². The van der Waals surface area contributed by atoms with Crippen molar-refractivity contribution in [1.29, 1.82) is 0 Å². The maximum Gasteiger partial charge on any atom is 0.260 e. The Kier molecular flexibility index (Phi) is 4.32. The van der Waals surface area contributed by atoms with Crippen LogP contribution in [0.5, 0.6) is 11.5 Å². The molecule has 0 saturated carbocycles. The summed E-state index contributed by atoms with van der Waals surface area (Å²) >= 11 is 0. The molecule has 9 nitrogen and oxygen atoms in total. The summed E-state index contributed by atoms with van der Waals surface area (Å²) in [6.07, 6.45) is 4.22. The molecule has 0 spiro atoms. The van der Waals surface area contributed by atoms with E-state index in [0.29, 0.717) is 28.7 Å². The predicted octanol–water partition coefficient (Wildman–Crippen LogP) is 1.33. The first kappa shape index (κ1) is 15.4. The van der Waals surface area contributed by atoms with Gasteiger partial charge in [0.25, 0.3) is 5.91 Å². The lowest BCUT2D eigenvalue weighted by Gasteiger charge is -2.10. The summed E-state index contributed by atoms with van der Waals surface area (Å²) in [6, 6.07) is 6.52. The highest BCUT2D eigenvalue weighted by Crippen LogP contribution is 2.25. The first-order chi connectivity index (χ1) is 11.7. The monoisotopic (exact) mass is 326 g/mol. The van der Waals surface area contributed by atoms with Crippen molar-refractivity contribution >= 4 is 11.7 Å². The Morgan fingerprint density at radius 2 is 2.00 bits per heavy atom. The van der Waals surface area contributed by atoms with Crippen molar-refractivity contribution in [1.82, 2.24) is 24.7 Å². The lowest BCUT2D eigenvalue weighted by atomic mass is 10.1. The van der Waals surface area contributed by atoms with E-state index in [4.69, 9.17) is 9.47 Å². The molecule has 0 atom stereocenters. The van der Waals surface area contributed by atoms with Gasteiger partial charge < -0.3 is 14.8 Å². The minimum absolute atomic E-state index is 0.332. The number of ether oxygens (including phenoxy) is 2. The fourth-order valence-electron chi connectivity index (χ4n) is 2.04. The van der Waals surface area contributed by atoms with Gasteiger partial charge in [-0.3, -0.25) is 4.79 Å². The highest BCUT2D eigenvalue weighted by atomic mass is 16.5. The van der Waals surface area contributed by atoms with Crippen LogP contribution in [0.3, 0.4) is 0 Å². The second kappa shape index (κ2) is 6.73. The van der Waals surface area contributed by atoms with E-state index in [0.717, 1.165) is 0 Å². The Bertz CT molecular complexity index is 850. The van der Waals surface area contributed by atoms with Crippen molar-refractivity contribution in [2.24, 2.45) is 0 Å². The average molecular weight is 326 g/mol. The van der Waals surface area contributed by atoms with Crippen LogP contribution in [0.25, 0.3) is 5.82 Å². The zero-order valence-corrected chi connectivity index (χ0v) is 13.0. The van der Waals surface area contributed by atoms with Crippen LogP contribution in [0.15, 0.2) is 43.2 Å². The summed E-state index contributed by atoms with van der Waals surface area (Å²) in [7, 11) is 3.03. The third kappa shape index (κ3) is 3.14. The number of methoxy groups -OCH3 is 2. The molecule has 1 N–H and O–H groups in total. The van der Waals surface area contributed by atoms with Crippen LogP contribution in [0, 0.1) is 0 Å². The van der Waals surface area contributed by atoms with Gasteiger partial charge in [0.1, 0.15) is 36.3 Å². The zero-order valence-electron chi connectivity index (χ0n) is 13.0. The third-order valence-electron chi connectivity index (χ3n) is 3.20. The van der Waals surface area contributed by atoms with Crippen LogP contribution in [0.2, 0.25) is 0 Å². The molecule has 0 aliphatic carbocycles. The highest BCUT2D eigenvalue weighted by Gasteiger charge is 2.14. The van der Waals surface area contributed by atoms with E-state index in [-0.39, 0.29) is 5.91 Å². The number of hydrogen-bond donors (Lipinski definition) is 1. The largest absolute Gasteiger partial charge is 0.497 e. The van der Waals surface area contributed by atoms with Gasteiger partial charge in [0, 0.05) is 12.1 Å². The lowest BCUT2D eigenvalue weighted by Crippen LogP contribution is -2.15. The standard InChI is InChI=1S/C15H14N6O3/c1-23-10-3-4-11(12(5-10)24-2)15(22)20-13-6-14(18-8-17-13)21-9-16-7-19-21/h3-9H,1-2H3,(H,17,18,20,22). The van der Waals surface area contributed by atoms with Gasteiger partial charge in [-0.2, -0.15) is 5.10 Å². The quantitative estimate of drug-likeness (QED) is 0.754. The van der Waals surface area contributed by atoms with Gasteiger partial charge in [0.2, 0.25) is 0 Å². The van der Waals surface area contributed by atoms with Crippen molar-refractivity contribution < 1.29 is 14.3 Å². The SMILES string of the molecule is COc1ccc(C(=O)Nc2cc(-n3cncn3)ncn2)c(OC)c1. The van der Waals surface area contributed by atoms with Crippen LogP contribution in [0.4, 0.5) is 5.82 Å². The Balaban J connectivity index is 1.84. The minimum Gasteiger partial charge on any atom is -0.497 e. The van der Waals surface area contributed by atoms with Crippen molar-refractivity contribution in [3.63, 3.8) is 0 Å². The average Bonchev–Trinajstić information content (AvgIpc) is 3.16. The summed E-state index contributed by atoms with van der Waals surface area (Å²) in [4.78, 5) is 24.4. The van der Waals surface area contributed by atoms with E-state index in [2.05, 4.69) is 25.4 Å². The molecule has 0 fully saturated rings. The molecule has 0 aliphatic rings. The Hall–Kier alpha value is -3.49. The molecule has 122 valence electrons. The maximum atomic E-state index is 12.5. The first-order valence-electron chi connectivity index (χ1n) is 6.91. The molecule has 1 aromatic carbocycles.